The lowest BCUT2D eigenvalue weighted by Crippen LogP contribution is -2.49. The molecule has 1 aromatic carbocycles. The third kappa shape index (κ3) is 4.54. The molecule has 0 radical (unpaired) electrons. The number of nitrogens with one attached hydrogen (secondary N) is 2. The zero-order chi connectivity index (χ0) is 21.9. The first-order chi connectivity index (χ1) is 15.7. The fourth-order valence-electron chi connectivity index (χ4n) is 4.92. The van der Waals surface area contributed by atoms with Crippen molar-refractivity contribution in [3.05, 3.63) is 41.3 Å². The van der Waals surface area contributed by atoms with E-state index in [0.717, 1.165) is 23.5 Å². The Hall–Kier alpha value is -2.78. The number of tetrazole rings is 1. The maximum Gasteiger partial charge on any atom is 0.229 e. The van der Waals surface area contributed by atoms with Crippen molar-refractivity contribution in [3.8, 4) is 5.69 Å². The third-order valence-electron chi connectivity index (χ3n) is 6.50. The number of hydrogen-bond acceptors (Lipinski definition) is 8. The second-order valence-corrected chi connectivity index (χ2v) is 9.08. The van der Waals surface area contributed by atoms with E-state index in [0.29, 0.717) is 28.7 Å². The molecule has 4 heterocycles. The van der Waals surface area contributed by atoms with Crippen molar-refractivity contribution in [2.75, 3.05) is 30.3 Å². The fourth-order valence-corrected chi connectivity index (χ4v) is 5.08. The molecule has 2 aromatic heterocycles. The number of nitrogens with zero attached hydrogens (tertiary/aromatic N) is 7. The molecule has 2 saturated heterocycles. The summed E-state index contributed by atoms with van der Waals surface area (Å²) in [5.41, 5.74) is 2.73. The quantitative estimate of drug-likeness (QED) is 0.581. The lowest BCUT2D eigenvalue weighted by atomic mass is 9.83. The van der Waals surface area contributed by atoms with Crippen molar-refractivity contribution in [1.29, 1.82) is 0 Å². The minimum absolute atomic E-state index is 0.470. The highest BCUT2D eigenvalue weighted by molar-refractivity contribution is 6.32. The summed E-state index contributed by atoms with van der Waals surface area (Å²) in [6, 6.07) is 6.67. The predicted octanol–water partition coefficient (Wildman–Crippen LogP) is 3.83. The van der Waals surface area contributed by atoms with E-state index in [1.54, 1.807) is 17.2 Å². The molecular formula is C22H28ClN9. The van der Waals surface area contributed by atoms with Crippen LogP contribution in [-0.4, -0.2) is 60.8 Å². The summed E-state index contributed by atoms with van der Waals surface area (Å²) in [7, 11) is 0. The molecule has 2 aliphatic rings. The van der Waals surface area contributed by atoms with Crippen LogP contribution in [0.2, 0.25) is 5.02 Å². The van der Waals surface area contributed by atoms with Crippen molar-refractivity contribution < 1.29 is 0 Å². The van der Waals surface area contributed by atoms with Gasteiger partial charge in [0.2, 0.25) is 5.95 Å². The van der Waals surface area contributed by atoms with Crippen LogP contribution in [0.1, 0.15) is 37.7 Å². The summed E-state index contributed by atoms with van der Waals surface area (Å²) < 4.78 is 1.61. The van der Waals surface area contributed by atoms with Crippen LogP contribution in [0.25, 0.3) is 5.69 Å². The van der Waals surface area contributed by atoms with Crippen molar-refractivity contribution in [3.63, 3.8) is 0 Å². The molecule has 0 amide bonds. The summed E-state index contributed by atoms with van der Waals surface area (Å²) in [6.45, 7) is 5.38. The number of aryl methyl sites for hydroxylation is 1. The molecule has 0 bridgehead atoms. The summed E-state index contributed by atoms with van der Waals surface area (Å²) >= 11 is 6.43. The first-order valence-electron chi connectivity index (χ1n) is 11.3. The second kappa shape index (κ2) is 9.38. The Morgan fingerprint density at radius 2 is 2.06 bits per heavy atom. The Bertz CT molecular complexity index is 1050. The van der Waals surface area contributed by atoms with E-state index >= 15 is 0 Å². The van der Waals surface area contributed by atoms with Gasteiger partial charge in [-0.3, -0.25) is 0 Å². The van der Waals surface area contributed by atoms with Gasteiger partial charge in [-0.2, -0.15) is 9.67 Å². The van der Waals surface area contributed by atoms with Crippen LogP contribution in [0.3, 0.4) is 0 Å². The number of aromatic nitrogens is 6. The van der Waals surface area contributed by atoms with Crippen molar-refractivity contribution in [2.45, 2.75) is 45.1 Å². The summed E-state index contributed by atoms with van der Waals surface area (Å²) in [6.07, 6.45) is 9.67. The van der Waals surface area contributed by atoms with Crippen LogP contribution >= 0.6 is 11.6 Å². The lowest BCUT2D eigenvalue weighted by molar-refractivity contribution is 0.0649. The second-order valence-electron chi connectivity index (χ2n) is 8.67. The SMILES string of the molecule is Cc1ccc(Nc2ncc(Cl)c(NC[C@@H]3CCCN4CCCC[C@H]34)n2)c(-n2cnnn2)c1. The van der Waals surface area contributed by atoms with Gasteiger partial charge < -0.3 is 15.5 Å². The molecule has 3 aromatic rings. The summed E-state index contributed by atoms with van der Waals surface area (Å²) in [5.74, 6) is 1.75. The number of anilines is 3. The van der Waals surface area contributed by atoms with Crippen molar-refractivity contribution >= 4 is 29.1 Å². The highest BCUT2D eigenvalue weighted by Crippen LogP contribution is 2.32. The average Bonchev–Trinajstić information content (AvgIpc) is 3.35. The minimum Gasteiger partial charge on any atom is -0.368 e. The zero-order valence-electron chi connectivity index (χ0n) is 18.2. The Balaban J connectivity index is 1.32. The standard InChI is InChI=1S/C22H28ClN9/c1-15-7-8-18(20(11-15)32-14-26-29-30-32)27-22-25-13-17(23)21(28-22)24-12-16-5-4-10-31-9-3-2-6-19(16)31/h7-8,11,13-14,16,19H,2-6,9-10,12H2,1H3,(H2,24,25,27,28)/t16-,19+/m0/s1. The maximum atomic E-state index is 6.43. The van der Waals surface area contributed by atoms with Crippen molar-refractivity contribution in [2.24, 2.45) is 5.92 Å². The van der Waals surface area contributed by atoms with Crippen LogP contribution in [0, 0.1) is 12.8 Å². The average molecular weight is 454 g/mol. The van der Waals surface area contributed by atoms with Crippen LogP contribution in [-0.2, 0) is 0 Å². The van der Waals surface area contributed by atoms with Gasteiger partial charge in [-0.1, -0.05) is 24.1 Å². The normalized spacial score (nSPS) is 21.2. The maximum absolute atomic E-state index is 6.43. The zero-order valence-corrected chi connectivity index (χ0v) is 19.0. The van der Waals surface area contributed by atoms with Gasteiger partial charge in [0.05, 0.1) is 17.6 Å². The van der Waals surface area contributed by atoms with Crippen LogP contribution in [0.15, 0.2) is 30.7 Å². The first kappa shape index (κ1) is 21.1. The van der Waals surface area contributed by atoms with E-state index < -0.39 is 0 Å². The molecule has 5 rings (SSSR count). The smallest absolute Gasteiger partial charge is 0.229 e. The fraction of sp³-hybridized carbons (Fsp3) is 0.500. The molecule has 0 aliphatic carbocycles. The molecule has 2 atom stereocenters. The lowest BCUT2D eigenvalue weighted by Gasteiger charge is -2.44. The molecule has 168 valence electrons. The molecular weight excluding hydrogens is 426 g/mol. The van der Waals surface area contributed by atoms with E-state index in [1.807, 2.05) is 25.1 Å². The monoisotopic (exact) mass is 453 g/mol. The van der Waals surface area contributed by atoms with Gasteiger partial charge in [0.1, 0.15) is 11.3 Å². The third-order valence-corrected chi connectivity index (χ3v) is 6.78. The predicted molar refractivity (Wildman–Crippen MR) is 125 cm³/mol. The number of hydrogen-bond donors (Lipinski definition) is 2. The Kier molecular flexibility index (Phi) is 6.18. The number of halogens is 1. The van der Waals surface area contributed by atoms with Gasteiger partial charge in [0.25, 0.3) is 0 Å². The van der Waals surface area contributed by atoms with Gasteiger partial charge in [0, 0.05) is 12.6 Å². The van der Waals surface area contributed by atoms with Crippen LogP contribution in [0.4, 0.5) is 17.5 Å². The summed E-state index contributed by atoms with van der Waals surface area (Å²) in [5, 5.41) is 18.8. The van der Waals surface area contributed by atoms with Crippen molar-refractivity contribution in [1.82, 2.24) is 35.1 Å². The number of rotatable bonds is 6. The molecule has 2 N–H and O–H groups in total. The Morgan fingerprint density at radius 3 is 2.94 bits per heavy atom. The van der Waals surface area contributed by atoms with Gasteiger partial charge in [-0.25, -0.2) is 4.98 Å². The Labute approximate surface area is 192 Å². The van der Waals surface area contributed by atoms with E-state index in [2.05, 4.69) is 41.0 Å². The molecule has 0 saturated carbocycles. The largest absolute Gasteiger partial charge is 0.368 e. The van der Waals surface area contributed by atoms with Gasteiger partial charge >= 0.3 is 0 Å². The molecule has 0 unspecified atom stereocenters. The molecule has 32 heavy (non-hydrogen) atoms. The first-order valence-corrected chi connectivity index (χ1v) is 11.7. The van der Waals surface area contributed by atoms with E-state index in [1.165, 1.54) is 45.2 Å². The number of piperidine rings is 2. The highest BCUT2D eigenvalue weighted by Gasteiger charge is 2.32. The molecule has 2 aliphatic heterocycles. The molecule has 2 fully saturated rings. The Morgan fingerprint density at radius 1 is 1.16 bits per heavy atom. The van der Waals surface area contributed by atoms with Crippen LogP contribution < -0.4 is 10.6 Å². The van der Waals surface area contributed by atoms with Gasteiger partial charge in [0.15, 0.2) is 5.82 Å². The highest BCUT2D eigenvalue weighted by atomic mass is 35.5. The summed E-state index contributed by atoms with van der Waals surface area (Å²) in [4.78, 5) is 11.7. The number of benzene rings is 1. The molecule has 10 heteroatoms. The van der Waals surface area contributed by atoms with E-state index in [-0.39, 0.29) is 0 Å². The van der Waals surface area contributed by atoms with E-state index in [4.69, 9.17) is 11.6 Å². The minimum atomic E-state index is 0.470. The number of fused-ring (bicyclic) bond motifs is 1. The van der Waals surface area contributed by atoms with Gasteiger partial charge in [-0.15, -0.1) is 5.10 Å². The molecule has 9 nitrogen and oxygen atoms in total. The van der Waals surface area contributed by atoms with Gasteiger partial charge in [-0.05, 0) is 79.7 Å². The topological polar surface area (TPSA) is 96.7 Å². The van der Waals surface area contributed by atoms with E-state index in [9.17, 15) is 0 Å². The van der Waals surface area contributed by atoms with Crippen LogP contribution in [0.5, 0.6) is 0 Å². The molecule has 0 spiro atoms.